The molecule has 0 aromatic heterocycles. The van der Waals surface area contributed by atoms with Crippen LogP contribution in [-0.4, -0.2) is 29.7 Å². The third-order valence-corrected chi connectivity index (χ3v) is 2.94. The molecule has 1 aliphatic heterocycles. The zero-order valence-electron chi connectivity index (χ0n) is 7.41. The molecule has 1 amide bonds. The number of amides is 1. The molecule has 0 N–H and O–H groups in total. The Labute approximate surface area is 72.0 Å². The second-order valence-electron chi connectivity index (χ2n) is 3.62. The van der Waals surface area contributed by atoms with Gasteiger partial charge in [-0.25, -0.2) is 4.79 Å². The highest BCUT2D eigenvalue weighted by molar-refractivity contribution is 5.73. The standard InChI is InChI=1S/C9H13NO2/c1-9-6-4-3-5-7(9)10(9)8(11)12-2/h3-4,7H,5-6H2,1-2H3. The lowest BCUT2D eigenvalue weighted by atomic mass is 9.96. The van der Waals surface area contributed by atoms with E-state index in [2.05, 4.69) is 19.1 Å². The number of fused-ring (bicyclic) bond motifs is 1. The molecule has 12 heavy (non-hydrogen) atoms. The van der Waals surface area contributed by atoms with E-state index in [1.165, 1.54) is 7.11 Å². The zero-order valence-corrected chi connectivity index (χ0v) is 7.41. The van der Waals surface area contributed by atoms with E-state index in [-0.39, 0.29) is 11.6 Å². The number of ether oxygens (including phenoxy) is 1. The van der Waals surface area contributed by atoms with Crippen LogP contribution in [0, 0.1) is 0 Å². The molecule has 0 aromatic carbocycles. The van der Waals surface area contributed by atoms with Crippen LogP contribution in [0.4, 0.5) is 4.79 Å². The molecule has 3 heteroatoms. The summed E-state index contributed by atoms with van der Waals surface area (Å²) in [5, 5.41) is 0. The van der Waals surface area contributed by atoms with Crippen LogP contribution >= 0.6 is 0 Å². The van der Waals surface area contributed by atoms with Gasteiger partial charge in [0, 0.05) is 0 Å². The summed E-state index contributed by atoms with van der Waals surface area (Å²) in [4.78, 5) is 13.0. The number of hydrogen-bond acceptors (Lipinski definition) is 2. The first-order valence-corrected chi connectivity index (χ1v) is 4.22. The maximum atomic E-state index is 11.2. The fraction of sp³-hybridized carbons (Fsp3) is 0.667. The predicted molar refractivity (Wildman–Crippen MR) is 44.8 cm³/mol. The van der Waals surface area contributed by atoms with Gasteiger partial charge in [-0.1, -0.05) is 12.2 Å². The van der Waals surface area contributed by atoms with Crippen molar-refractivity contribution in [2.45, 2.75) is 31.3 Å². The second kappa shape index (κ2) is 2.25. The Bertz CT molecular complexity index is 249. The molecular formula is C9H13NO2. The van der Waals surface area contributed by atoms with Gasteiger partial charge in [0.25, 0.3) is 0 Å². The third-order valence-electron chi connectivity index (χ3n) is 2.94. The number of methoxy groups -OCH3 is 1. The maximum Gasteiger partial charge on any atom is 0.410 e. The van der Waals surface area contributed by atoms with Gasteiger partial charge in [-0.3, -0.25) is 4.90 Å². The fourth-order valence-electron chi connectivity index (χ4n) is 2.08. The second-order valence-corrected chi connectivity index (χ2v) is 3.62. The summed E-state index contributed by atoms with van der Waals surface area (Å²) < 4.78 is 4.69. The van der Waals surface area contributed by atoms with Gasteiger partial charge in [0.2, 0.25) is 0 Å². The van der Waals surface area contributed by atoms with Crippen molar-refractivity contribution >= 4 is 6.09 Å². The Morgan fingerprint density at radius 3 is 2.92 bits per heavy atom. The van der Waals surface area contributed by atoms with Crippen molar-refractivity contribution in [1.82, 2.24) is 4.90 Å². The van der Waals surface area contributed by atoms with Crippen LogP contribution < -0.4 is 0 Å². The lowest BCUT2D eigenvalue weighted by molar-refractivity contribution is 0.147. The minimum Gasteiger partial charge on any atom is -0.453 e. The monoisotopic (exact) mass is 167 g/mol. The SMILES string of the molecule is COC(=O)N1C2CC=CCC21C. The van der Waals surface area contributed by atoms with Gasteiger partial charge in [0.05, 0.1) is 18.7 Å². The van der Waals surface area contributed by atoms with Crippen molar-refractivity contribution < 1.29 is 9.53 Å². The van der Waals surface area contributed by atoms with Crippen LogP contribution in [0.3, 0.4) is 0 Å². The molecule has 1 saturated heterocycles. The van der Waals surface area contributed by atoms with E-state index in [0.717, 1.165) is 12.8 Å². The third kappa shape index (κ3) is 0.792. The first kappa shape index (κ1) is 7.65. The molecule has 1 aliphatic carbocycles. The summed E-state index contributed by atoms with van der Waals surface area (Å²) in [5.74, 6) is 0. The molecule has 2 atom stereocenters. The van der Waals surface area contributed by atoms with E-state index in [0.29, 0.717) is 6.04 Å². The van der Waals surface area contributed by atoms with Crippen molar-refractivity contribution in [1.29, 1.82) is 0 Å². The van der Waals surface area contributed by atoms with Gasteiger partial charge in [-0.05, 0) is 19.8 Å². The van der Waals surface area contributed by atoms with E-state index in [1.807, 2.05) is 4.90 Å². The van der Waals surface area contributed by atoms with Crippen molar-refractivity contribution in [3.8, 4) is 0 Å². The molecule has 1 fully saturated rings. The Hall–Kier alpha value is -0.990. The Balaban J connectivity index is 2.11. The largest absolute Gasteiger partial charge is 0.453 e. The van der Waals surface area contributed by atoms with Crippen LogP contribution in [0.2, 0.25) is 0 Å². The first-order valence-electron chi connectivity index (χ1n) is 4.22. The van der Waals surface area contributed by atoms with Crippen molar-refractivity contribution in [2.75, 3.05) is 7.11 Å². The highest BCUT2D eigenvalue weighted by Gasteiger charge is 2.61. The number of hydrogen-bond donors (Lipinski definition) is 0. The number of carbonyl (C=O) groups excluding carboxylic acids is 1. The average Bonchev–Trinajstić information content (AvgIpc) is 2.69. The number of nitrogens with zero attached hydrogens (tertiary/aromatic N) is 1. The molecule has 0 aromatic rings. The van der Waals surface area contributed by atoms with Crippen LogP contribution in [0.25, 0.3) is 0 Å². The normalized spacial score (nSPS) is 37.5. The molecule has 3 nitrogen and oxygen atoms in total. The molecule has 2 unspecified atom stereocenters. The van der Waals surface area contributed by atoms with Gasteiger partial charge in [0.15, 0.2) is 0 Å². The van der Waals surface area contributed by atoms with E-state index in [9.17, 15) is 4.79 Å². The van der Waals surface area contributed by atoms with Crippen molar-refractivity contribution in [3.63, 3.8) is 0 Å². The molecule has 1 heterocycles. The quantitative estimate of drug-likeness (QED) is 0.404. The van der Waals surface area contributed by atoms with Gasteiger partial charge in [-0.2, -0.15) is 0 Å². The molecule has 0 saturated carbocycles. The maximum absolute atomic E-state index is 11.2. The molecule has 66 valence electrons. The minimum atomic E-state index is -0.189. The number of rotatable bonds is 0. The van der Waals surface area contributed by atoms with E-state index >= 15 is 0 Å². The molecular weight excluding hydrogens is 154 g/mol. The van der Waals surface area contributed by atoms with Gasteiger partial charge < -0.3 is 4.74 Å². The summed E-state index contributed by atoms with van der Waals surface area (Å²) in [6.45, 7) is 2.11. The van der Waals surface area contributed by atoms with Gasteiger partial charge in [0.1, 0.15) is 0 Å². The van der Waals surface area contributed by atoms with Gasteiger partial charge >= 0.3 is 6.09 Å². The highest BCUT2D eigenvalue weighted by Crippen LogP contribution is 2.48. The summed E-state index contributed by atoms with van der Waals surface area (Å²) in [6, 6.07) is 0.384. The summed E-state index contributed by atoms with van der Waals surface area (Å²) >= 11 is 0. The molecule has 0 bridgehead atoms. The molecule has 2 aliphatic rings. The van der Waals surface area contributed by atoms with Crippen LogP contribution in [0.5, 0.6) is 0 Å². The molecule has 2 rings (SSSR count). The predicted octanol–water partition coefficient (Wildman–Crippen LogP) is 1.55. The first-order chi connectivity index (χ1) is 5.70. The Morgan fingerprint density at radius 1 is 1.67 bits per heavy atom. The summed E-state index contributed by atoms with van der Waals surface area (Å²) in [7, 11) is 1.43. The lowest BCUT2D eigenvalue weighted by Gasteiger charge is -2.08. The molecule has 0 spiro atoms. The number of carbonyl (C=O) groups is 1. The van der Waals surface area contributed by atoms with Crippen molar-refractivity contribution in [2.24, 2.45) is 0 Å². The van der Waals surface area contributed by atoms with Crippen LogP contribution in [-0.2, 0) is 4.74 Å². The van der Waals surface area contributed by atoms with Gasteiger partial charge in [-0.15, -0.1) is 0 Å². The van der Waals surface area contributed by atoms with Crippen LogP contribution in [0.15, 0.2) is 12.2 Å². The fourth-order valence-corrected chi connectivity index (χ4v) is 2.08. The smallest absolute Gasteiger partial charge is 0.410 e. The lowest BCUT2D eigenvalue weighted by Crippen LogP contribution is -2.19. The van der Waals surface area contributed by atoms with E-state index in [1.54, 1.807) is 0 Å². The van der Waals surface area contributed by atoms with E-state index < -0.39 is 0 Å². The minimum absolute atomic E-state index is 0.0574. The summed E-state index contributed by atoms with van der Waals surface area (Å²) in [5.41, 5.74) is 0.0574. The van der Waals surface area contributed by atoms with E-state index in [4.69, 9.17) is 4.74 Å². The molecule has 0 radical (unpaired) electrons. The Morgan fingerprint density at radius 2 is 2.42 bits per heavy atom. The highest BCUT2D eigenvalue weighted by atomic mass is 16.5. The summed E-state index contributed by atoms with van der Waals surface area (Å²) in [6.07, 6.45) is 6.03. The van der Waals surface area contributed by atoms with Crippen molar-refractivity contribution in [3.05, 3.63) is 12.2 Å². The average molecular weight is 167 g/mol. The Kier molecular flexibility index (Phi) is 1.43. The van der Waals surface area contributed by atoms with Crippen LogP contribution in [0.1, 0.15) is 19.8 Å². The topological polar surface area (TPSA) is 29.3 Å². The zero-order chi connectivity index (χ0) is 8.77.